The largest absolute Gasteiger partial charge is 0.309 e. The van der Waals surface area contributed by atoms with Gasteiger partial charge < -0.3 is 4.90 Å². The molecule has 124 valence electrons. The molecule has 2 unspecified atom stereocenters. The number of allylic oxidation sites excluding steroid dienone is 1. The van der Waals surface area contributed by atoms with Crippen LogP contribution in [0.1, 0.15) is 35.1 Å². The van der Waals surface area contributed by atoms with Crippen LogP contribution in [0.3, 0.4) is 0 Å². The van der Waals surface area contributed by atoms with Crippen LogP contribution < -0.4 is 5.43 Å². The van der Waals surface area contributed by atoms with Crippen molar-refractivity contribution in [3.8, 4) is 0 Å². The Labute approximate surface area is 143 Å². The maximum Gasteiger partial charge on any atom is 0.0478 e. The lowest BCUT2D eigenvalue weighted by molar-refractivity contribution is 0.389. The molecule has 0 spiro atoms. The van der Waals surface area contributed by atoms with E-state index in [9.17, 15) is 0 Å². The summed E-state index contributed by atoms with van der Waals surface area (Å²) in [6.45, 7) is 1.03. The predicted molar refractivity (Wildman–Crippen MR) is 99.2 cm³/mol. The normalized spacial score (nSPS) is 17.7. The molecule has 0 amide bonds. The van der Waals surface area contributed by atoms with Crippen LogP contribution in [-0.4, -0.2) is 36.7 Å². The first-order valence-electron chi connectivity index (χ1n) is 8.35. The maximum atomic E-state index is 4.59. The third kappa shape index (κ3) is 4.09. The zero-order valence-corrected chi connectivity index (χ0v) is 14.3. The lowest BCUT2D eigenvalue weighted by atomic mass is 9.89. The van der Waals surface area contributed by atoms with E-state index in [1.165, 1.54) is 11.1 Å². The first kappa shape index (κ1) is 16.4. The third-order valence-corrected chi connectivity index (χ3v) is 4.32. The minimum Gasteiger partial charge on any atom is -0.309 e. The van der Waals surface area contributed by atoms with Crippen LogP contribution in [-0.2, 0) is 0 Å². The van der Waals surface area contributed by atoms with Crippen LogP contribution in [0.25, 0.3) is 0 Å². The average molecular weight is 320 g/mol. The minimum atomic E-state index is 0.246. The van der Waals surface area contributed by atoms with Gasteiger partial charge in [0, 0.05) is 36.1 Å². The highest BCUT2D eigenvalue weighted by Gasteiger charge is 2.16. The molecule has 1 aromatic heterocycles. The molecule has 0 aliphatic carbocycles. The van der Waals surface area contributed by atoms with E-state index in [4.69, 9.17) is 0 Å². The summed E-state index contributed by atoms with van der Waals surface area (Å²) in [5, 5.41) is 4.11. The summed E-state index contributed by atoms with van der Waals surface area (Å²) in [4.78, 5) is 6.81. The van der Waals surface area contributed by atoms with Crippen molar-refractivity contribution in [3.63, 3.8) is 0 Å². The van der Waals surface area contributed by atoms with Crippen LogP contribution in [0.5, 0.6) is 0 Å². The Bertz CT molecular complexity index is 677. The highest BCUT2D eigenvalue weighted by Crippen LogP contribution is 2.28. The molecule has 2 heterocycles. The lowest BCUT2D eigenvalue weighted by Gasteiger charge is -2.20. The predicted octanol–water partition coefficient (Wildman–Crippen LogP) is 3.35. The molecular weight excluding hydrogens is 296 g/mol. The number of pyridine rings is 1. The van der Waals surface area contributed by atoms with E-state index in [0.29, 0.717) is 5.92 Å². The highest BCUT2D eigenvalue weighted by atomic mass is 15.3. The molecule has 1 aromatic carbocycles. The Kier molecular flexibility index (Phi) is 5.39. The molecule has 24 heavy (non-hydrogen) atoms. The van der Waals surface area contributed by atoms with Gasteiger partial charge in [0.25, 0.3) is 0 Å². The van der Waals surface area contributed by atoms with Gasteiger partial charge in [0.2, 0.25) is 0 Å². The smallest absolute Gasteiger partial charge is 0.0478 e. The first-order chi connectivity index (χ1) is 11.7. The summed E-state index contributed by atoms with van der Waals surface area (Å²) in [7, 11) is 4.22. The Hall–Kier alpha value is -2.46. The van der Waals surface area contributed by atoms with Crippen molar-refractivity contribution in [1.29, 1.82) is 0 Å². The topological polar surface area (TPSA) is 40.5 Å². The zero-order chi connectivity index (χ0) is 16.8. The van der Waals surface area contributed by atoms with Gasteiger partial charge in [0.15, 0.2) is 0 Å². The molecule has 0 bridgehead atoms. The second kappa shape index (κ2) is 7.88. The molecule has 4 heteroatoms. The van der Waals surface area contributed by atoms with Crippen molar-refractivity contribution in [3.05, 3.63) is 77.8 Å². The van der Waals surface area contributed by atoms with Crippen LogP contribution >= 0.6 is 0 Å². The fraction of sp³-hybridized carbons (Fsp3) is 0.300. The highest BCUT2D eigenvalue weighted by molar-refractivity contribution is 5.71. The van der Waals surface area contributed by atoms with Gasteiger partial charge in [0.05, 0.1) is 0 Å². The average Bonchev–Trinajstić information content (AvgIpc) is 2.64. The van der Waals surface area contributed by atoms with E-state index in [1.54, 1.807) is 0 Å². The molecule has 0 saturated carbocycles. The third-order valence-electron chi connectivity index (χ3n) is 4.32. The first-order valence-corrected chi connectivity index (χ1v) is 8.35. The summed E-state index contributed by atoms with van der Waals surface area (Å²) in [5.41, 5.74) is 6.54. The van der Waals surface area contributed by atoms with E-state index in [2.05, 4.69) is 77.0 Å². The number of nitrogens with zero attached hydrogens (tertiary/aromatic N) is 3. The summed E-state index contributed by atoms with van der Waals surface area (Å²) < 4.78 is 0. The van der Waals surface area contributed by atoms with Crippen LogP contribution in [0, 0.1) is 0 Å². The van der Waals surface area contributed by atoms with E-state index in [1.807, 2.05) is 24.7 Å². The summed E-state index contributed by atoms with van der Waals surface area (Å²) in [6, 6.07) is 15.0. The van der Waals surface area contributed by atoms with Crippen molar-refractivity contribution >= 4 is 6.21 Å². The minimum absolute atomic E-state index is 0.246. The van der Waals surface area contributed by atoms with Crippen molar-refractivity contribution in [2.24, 2.45) is 5.10 Å². The molecule has 2 atom stereocenters. The monoisotopic (exact) mass is 320 g/mol. The van der Waals surface area contributed by atoms with Crippen molar-refractivity contribution in [1.82, 2.24) is 15.3 Å². The zero-order valence-electron chi connectivity index (χ0n) is 14.3. The quantitative estimate of drug-likeness (QED) is 0.887. The van der Waals surface area contributed by atoms with Crippen molar-refractivity contribution < 1.29 is 0 Å². The fourth-order valence-electron chi connectivity index (χ4n) is 2.97. The van der Waals surface area contributed by atoms with Gasteiger partial charge in [-0.05, 0) is 50.3 Å². The van der Waals surface area contributed by atoms with Gasteiger partial charge in [-0.2, -0.15) is 5.10 Å². The molecule has 0 fully saturated rings. The molecule has 4 nitrogen and oxygen atoms in total. The van der Waals surface area contributed by atoms with Gasteiger partial charge in [0.1, 0.15) is 0 Å². The molecule has 0 radical (unpaired) electrons. The van der Waals surface area contributed by atoms with E-state index >= 15 is 0 Å². The van der Waals surface area contributed by atoms with Gasteiger partial charge >= 0.3 is 0 Å². The number of aromatic nitrogens is 1. The molecule has 1 N–H and O–H groups in total. The molecule has 0 saturated heterocycles. The van der Waals surface area contributed by atoms with Crippen LogP contribution in [0.2, 0.25) is 0 Å². The van der Waals surface area contributed by atoms with Gasteiger partial charge in [-0.1, -0.05) is 36.4 Å². The molecule has 3 rings (SSSR count). The standard InChI is InChI=1S/C20H24N4/c1-24(2)14-11-19(20-5-3-4-12-21-20)17-8-6-16(7-9-17)18-10-13-22-23-15-18/h3-10,12-13,15,18-19,22H,11,14H2,1-2H3. The number of hydrazone groups is 1. The molecule has 2 aromatic rings. The Morgan fingerprint density at radius 1 is 1.12 bits per heavy atom. The fourth-order valence-corrected chi connectivity index (χ4v) is 2.97. The Morgan fingerprint density at radius 2 is 1.96 bits per heavy atom. The number of benzene rings is 1. The maximum absolute atomic E-state index is 4.59. The summed E-state index contributed by atoms with van der Waals surface area (Å²) in [5.74, 6) is 0.565. The van der Waals surface area contributed by atoms with Crippen molar-refractivity contribution in [2.45, 2.75) is 18.3 Å². The van der Waals surface area contributed by atoms with Gasteiger partial charge in [-0.15, -0.1) is 0 Å². The second-order valence-corrected chi connectivity index (χ2v) is 6.36. The van der Waals surface area contributed by atoms with Crippen molar-refractivity contribution in [2.75, 3.05) is 20.6 Å². The van der Waals surface area contributed by atoms with E-state index < -0.39 is 0 Å². The summed E-state index contributed by atoms with van der Waals surface area (Å²) >= 11 is 0. The SMILES string of the molecule is CN(C)CCC(c1ccc(C2C=CNN=C2)cc1)c1ccccn1. The van der Waals surface area contributed by atoms with Gasteiger partial charge in [-0.3, -0.25) is 10.4 Å². The molecule has 1 aliphatic rings. The summed E-state index contributed by atoms with van der Waals surface area (Å²) in [6.07, 6.45) is 8.86. The number of hydrogen-bond acceptors (Lipinski definition) is 4. The van der Waals surface area contributed by atoms with Gasteiger partial charge in [-0.25, -0.2) is 0 Å². The van der Waals surface area contributed by atoms with E-state index in [-0.39, 0.29) is 5.92 Å². The lowest BCUT2D eigenvalue weighted by Crippen LogP contribution is -2.17. The Balaban J connectivity index is 1.83. The Morgan fingerprint density at radius 3 is 2.58 bits per heavy atom. The molecular formula is C20H24N4. The second-order valence-electron chi connectivity index (χ2n) is 6.36. The number of nitrogens with one attached hydrogen (secondary N) is 1. The van der Waals surface area contributed by atoms with Crippen LogP contribution in [0.4, 0.5) is 0 Å². The molecule has 1 aliphatic heterocycles. The van der Waals surface area contributed by atoms with E-state index in [0.717, 1.165) is 18.7 Å². The number of hydrogen-bond donors (Lipinski definition) is 1. The number of rotatable bonds is 6. The van der Waals surface area contributed by atoms with Crippen LogP contribution in [0.15, 0.2) is 66.0 Å².